The van der Waals surface area contributed by atoms with Gasteiger partial charge in [0.1, 0.15) is 6.04 Å². The zero-order valence-electron chi connectivity index (χ0n) is 11.1. The minimum atomic E-state index is -3.80. The molecule has 1 aliphatic heterocycles. The van der Waals surface area contributed by atoms with Gasteiger partial charge in [0, 0.05) is 13.1 Å². The Morgan fingerprint density at radius 1 is 1.63 bits per heavy atom. The molecule has 19 heavy (non-hydrogen) atoms. The highest BCUT2D eigenvalue weighted by Crippen LogP contribution is 2.16. The standard InChI is InChI=1S/C11H19N3O4S/c1-3-4-13-11(15)10-8-18-6-5-14(10)19(16,17)9(2)7-12/h9-10H,3-6,8H2,1-2H3,(H,13,15). The molecule has 0 spiro atoms. The van der Waals surface area contributed by atoms with Gasteiger partial charge in [0.2, 0.25) is 15.9 Å². The first-order valence-corrected chi connectivity index (χ1v) is 7.71. The van der Waals surface area contributed by atoms with E-state index in [-0.39, 0.29) is 25.7 Å². The van der Waals surface area contributed by atoms with Crippen molar-refractivity contribution in [2.75, 3.05) is 26.3 Å². The van der Waals surface area contributed by atoms with Gasteiger partial charge in [-0.15, -0.1) is 0 Å². The van der Waals surface area contributed by atoms with Gasteiger partial charge in [-0.05, 0) is 13.3 Å². The summed E-state index contributed by atoms with van der Waals surface area (Å²) in [5, 5.41) is 10.3. The number of morpholine rings is 1. The predicted molar refractivity (Wildman–Crippen MR) is 68.6 cm³/mol. The highest BCUT2D eigenvalue weighted by atomic mass is 32.2. The number of sulfonamides is 1. The van der Waals surface area contributed by atoms with E-state index in [1.54, 1.807) is 6.07 Å². The summed E-state index contributed by atoms with van der Waals surface area (Å²) < 4.78 is 30.6. The third-order valence-electron chi connectivity index (χ3n) is 2.89. The molecule has 0 radical (unpaired) electrons. The number of rotatable bonds is 5. The van der Waals surface area contributed by atoms with E-state index in [1.807, 2.05) is 6.92 Å². The van der Waals surface area contributed by atoms with Crippen LogP contribution in [-0.4, -0.2) is 56.2 Å². The van der Waals surface area contributed by atoms with E-state index in [4.69, 9.17) is 10.00 Å². The number of hydrogen-bond donors (Lipinski definition) is 1. The van der Waals surface area contributed by atoms with Crippen LogP contribution in [0, 0.1) is 11.3 Å². The first-order valence-electron chi connectivity index (χ1n) is 6.20. The van der Waals surface area contributed by atoms with Crippen molar-refractivity contribution in [1.82, 2.24) is 9.62 Å². The van der Waals surface area contributed by atoms with Crippen LogP contribution in [0.5, 0.6) is 0 Å². The maximum atomic E-state index is 12.2. The molecule has 2 unspecified atom stereocenters. The Kier molecular flexibility index (Phi) is 5.72. The quantitative estimate of drug-likeness (QED) is 0.732. The maximum Gasteiger partial charge on any atom is 0.240 e. The average molecular weight is 289 g/mol. The highest BCUT2D eigenvalue weighted by Gasteiger charge is 2.39. The lowest BCUT2D eigenvalue weighted by Gasteiger charge is -2.34. The molecule has 7 nitrogen and oxygen atoms in total. The second-order valence-corrected chi connectivity index (χ2v) is 6.51. The molecule has 1 aliphatic rings. The molecule has 1 heterocycles. The average Bonchev–Trinajstić information content (AvgIpc) is 2.43. The van der Waals surface area contributed by atoms with Gasteiger partial charge < -0.3 is 10.1 Å². The number of carbonyl (C=O) groups excluding carboxylic acids is 1. The van der Waals surface area contributed by atoms with Crippen LogP contribution in [0.4, 0.5) is 0 Å². The van der Waals surface area contributed by atoms with Gasteiger partial charge in [0.25, 0.3) is 0 Å². The molecule has 0 saturated carbocycles. The summed E-state index contributed by atoms with van der Waals surface area (Å²) in [6.07, 6.45) is 0.765. The van der Waals surface area contributed by atoms with Crippen molar-refractivity contribution in [3.05, 3.63) is 0 Å². The summed E-state index contributed by atoms with van der Waals surface area (Å²) in [6.45, 7) is 4.05. The first kappa shape index (κ1) is 15.9. The number of nitriles is 1. The molecule has 2 atom stereocenters. The fraction of sp³-hybridized carbons (Fsp3) is 0.818. The van der Waals surface area contributed by atoms with Gasteiger partial charge in [0.15, 0.2) is 5.25 Å². The Morgan fingerprint density at radius 2 is 2.32 bits per heavy atom. The number of amides is 1. The van der Waals surface area contributed by atoms with Crippen LogP contribution >= 0.6 is 0 Å². The minimum Gasteiger partial charge on any atom is -0.378 e. The van der Waals surface area contributed by atoms with Crippen molar-refractivity contribution in [2.24, 2.45) is 0 Å². The highest BCUT2D eigenvalue weighted by molar-refractivity contribution is 7.90. The molecule has 1 rings (SSSR count). The lowest BCUT2D eigenvalue weighted by atomic mass is 10.2. The zero-order chi connectivity index (χ0) is 14.5. The molecule has 0 aromatic heterocycles. The van der Waals surface area contributed by atoms with Gasteiger partial charge in [-0.3, -0.25) is 4.79 Å². The van der Waals surface area contributed by atoms with Gasteiger partial charge in [-0.2, -0.15) is 9.57 Å². The summed E-state index contributed by atoms with van der Waals surface area (Å²) in [7, 11) is -3.80. The Balaban J connectivity index is 2.90. The molecule has 0 aromatic rings. The lowest BCUT2D eigenvalue weighted by molar-refractivity contribution is -0.129. The van der Waals surface area contributed by atoms with Crippen LogP contribution in [-0.2, 0) is 19.6 Å². The Bertz CT molecular complexity index is 457. The molecule has 8 heteroatoms. The summed E-state index contributed by atoms with van der Waals surface area (Å²) in [5.41, 5.74) is 0. The molecule has 1 saturated heterocycles. The van der Waals surface area contributed by atoms with E-state index >= 15 is 0 Å². The summed E-state index contributed by atoms with van der Waals surface area (Å²) in [6, 6.07) is 0.815. The molecule has 1 fully saturated rings. The molecule has 0 aliphatic carbocycles. The normalized spacial score (nSPS) is 22.5. The summed E-state index contributed by atoms with van der Waals surface area (Å²) in [5.74, 6) is -0.379. The van der Waals surface area contributed by atoms with Crippen LogP contribution in [0.1, 0.15) is 20.3 Å². The SMILES string of the molecule is CCCNC(=O)C1COCCN1S(=O)(=O)C(C)C#N. The number of hydrogen-bond acceptors (Lipinski definition) is 5. The van der Waals surface area contributed by atoms with E-state index in [0.717, 1.165) is 10.7 Å². The van der Waals surface area contributed by atoms with E-state index in [2.05, 4.69) is 5.32 Å². The van der Waals surface area contributed by atoms with Crippen LogP contribution in [0.15, 0.2) is 0 Å². The fourth-order valence-corrected chi connectivity index (χ4v) is 3.11. The van der Waals surface area contributed by atoms with Crippen molar-refractivity contribution in [2.45, 2.75) is 31.6 Å². The molecule has 1 amide bonds. The number of ether oxygens (including phenoxy) is 1. The maximum absolute atomic E-state index is 12.2. The van der Waals surface area contributed by atoms with Crippen LogP contribution in [0.2, 0.25) is 0 Å². The van der Waals surface area contributed by atoms with Crippen molar-refractivity contribution < 1.29 is 17.9 Å². The molecule has 0 bridgehead atoms. The van der Waals surface area contributed by atoms with Crippen molar-refractivity contribution in [3.8, 4) is 6.07 Å². The fourth-order valence-electron chi connectivity index (χ4n) is 1.74. The largest absolute Gasteiger partial charge is 0.378 e. The predicted octanol–water partition coefficient (Wildman–Crippen LogP) is -0.545. The van der Waals surface area contributed by atoms with Gasteiger partial charge in [-0.25, -0.2) is 8.42 Å². The van der Waals surface area contributed by atoms with Gasteiger partial charge in [-0.1, -0.05) is 6.92 Å². The molecular formula is C11H19N3O4S. The van der Waals surface area contributed by atoms with E-state index < -0.39 is 21.3 Å². The minimum absolute atomic E-state index is 0.0208. The monoisotopic (exact) mass is 289 g/mol. The van der Waals surface area contributed by atoms with Crippen LogP contribution < -0.4 is 5.32 Å². The second-order valence-electron chi connectivity index (χ2n) is 4.31. The summed E-state index contributed by atoms with van der Waals surface area (Å²) >= 11 is 0. The second kappa shape index (κ2) is 6.84. The lowest BCUT2D eigenvalue weighted by Crippen LogP contribution is -2.57. The molecule has 108 valence electrons. The third-order valence-corrected chi connectivity index (χ3v) is 4.98. The molecular weight excluding hydrogens is 270 g/mol. The van der Waals surface area contributed by atoms with E-state index in [9.17, 15) is 13.2 Å². The smallest absolute Gasteiger partial charge is 0.240 e. The van der Waals surface area contributed by atoms with Crippen molar-refractivity contribution in [1.29, 1.82) is 5.26 Å². The van der Waals surface area contributed by atoms with Crippen LogP contribution in [0.25, 0.3) is 0 Å². The number of nitrogens with zero attached hydrogens (tertiary/aromatic N) is 2. The Labute approximate surface area is 113 Å². The Hall–Kier alpha value is -1.17. The molecule has 1 N–H and O–H groups in total. The van der Waals surface area contributed by atoms with Gasteiger partial charge in [0.05, 0.1) is 19.3 Å². The Morgan fingerprint density at radius 3 is 2.89 bits per heavy atom. The van der Waals surface area contributed by atoms with E-state index in [1.165, 1.54) is 6.92 Å². The molecule has 0 aromatic carbocycles. The number of carbonyl (C=O) groups is 1. The number of nitrogens with one attached hydrogen (secondary N) is 1. The zero-order valence-corrected chi connectivity index (χ0v) is 11.9. The van der Waals surface area contributed by atoms with Crippen molar-refractivity contribution >= 4 is 15.9 Å². The van der Waals surface area contributed by atoms with Crippen molar-refractivity contribution in [3.63, 3.8) is 0 Å². The van der Waals surface area contributed by atoms with E-state index in [0.29, 0.717) is 6.54 Å². The van der Waals surface area contributed by atoms with Crippen LogP contribution in [0.3, 0.4) is 0 Å². The summed E-state index contributed by atoms with van der Waals surface area (Å²) in [4.78, 5) is 11.9. The van der Waals surface area contributed by atoms with Gasteiger partial charge >= 0.3 is 0 Å². The third kappa shape index (κ3) is 3.65. The first-order chi connectivity index (χ1) is 8.95. The topological polar surface area (TPSA) is 99.5 Å².